The van der Waals surface area contributed by atoms with Crippen LogP contribution in [0.1, 0.15) is 61.1 Å². The molecule has 0 aliphatic carbocycles. The Morgan fingerprint density at radius 1 is 0.789 bits per heavy atom. The topological polar surface area (TPSA) is 156 Å². The number of para-hydroxylation sites is 1. The summed E-state index contributed by atoms with van der Waals surface area (Å²) in [6, 6.07) is 25.4. The molecule has 1 atom stereocenters. The van der Waals surface area contributed by atoms with Gasteiger partial charge in [0.1, 0.15) is 29.5 Å². The fourth-order valence-corrected chi connectivity index (χ4v) is 8.81. The molecular weight excluding hydrogens is 717 g/mol. The lowest BCUT2D eigenvalue weighted by atomic mass is 9.89. The molecule has 4 aromatic rings. The van der Waals surface area contributed by atoms with E-state index in [0.717, 1.165) is 87.9 Å². The summed E-state index contributed by atoms with van der Waals surface area (Å²) in [4.78, 5) is 42.1. The third-order valence-corrected chi connectivity index (χ3v) is 12.1. The number of amides is 3. The van der Waals surface area contributed by atoms with Crippen LogP contribution in [-0.4, -0.2) is 114 Å². The van der Waals surface area contributed by atoms with Crippen LogP contribution < -0.4 is 26.0 Å². The van der Waals surface area contributed by atoms with Gasteiger partial charge in [0.25, 0.3) is 0 Å². The Hall–Kier alpha value is -5.37. The van der Waals surface area contributed by atoms with Crippen molar-refractivity contribution in [2.24, 2.45) is 5.92 Å². The van der Waals surface area contributed by atoms with Crippen LogP contribution in [0.3, 0.4) is 0 Å². The fraction of sp³-hybridized carbons (Fsp3) is 0.432. The van der Waals surface area contributed by atoms with Crippen molar-refractivity contribution in [3.8, 4) is 11.5 Å². The van der Waals surface area contributed by atoms with Gasteiger partial charge in [-0.25, -0.2) is 14.8 Å². The molecule has 1 aromatic heterocycles. The number of likely N-dealkylation sites (tertiary alicyclic amines) is 3. The van der Waals surface area contributed by atoms with Crippen molar-refractivity contribution in [2.75, 3.05) is 81.4 Å². The van der Waals surface area contributed by atoms with Crippen molar-refractivity contribution in [1.82, 2.24) is 30.0 Å². The number of nitrogens with two attached hydrogens (primary N) is 1. The molecule has 4 saturated heterocycles. The maximum atomic E-state index is 12.2. The van der Waals surface area contributed by atoms with Gasteiger partial charge in [-0.1, -0.05) is 30.3 Å². The van der Waals surface area contributed by atoms with Crippen molar-refractivity contribution in [1.29, 1.82) is 5.41 Å². The molecule has 0 radical (unpaired) electrons. The zero-order chi connectivity index (χ0) is 39.1. The molecule has 4 fully saturated rings. The zero-order valence-electron chi connectivity index (χ0n) is 32.6. The maximum Gasteiger partial charge on any atom is 0.328 e. The van der Waals surface area contributed by atoms with Gasteiger partial charge in [-0.2, -0.15) is 0 Å². The van der Waals surface area contributed by atoms with E-state index in [9.17, 15) is 9.59 Å². The second-order valence-corrected chi connectivity index (χ2v) is 15.9. The van der Waals surface area contributed by atoms with Crippen molar-refractivity contribution in [3.05, 3.63) is 102 Å². The molecule has 3 aromatic carbocycles. The molecule has 0 spiro atoms. The molecule has 13 nitrogen and oxygen atoms in total. The lowest BCUT2D eigenvalue weighted by Crippen LogP contribution is -2.49. The molecule has 1 unspecified atom stereocenters. The summed E-state index contributed by atoms with van der Waals surface area (Å²) in [6.45, 7) is 10.5. The first-order valence-electron chi connectivity index (χ1n) is 20.5. The summed E-state index contributed by atoms with van der Waals surface area (Å²) >= 11 is 0. The Morgan fingerprint density at radius 2 is 1.47 bits per heavy atom. The molecule has 298 valence electrons. The van der Waals surface area contributed by atoms with Crippen molar-refractivity contribution in [2.45, 2.75) is 50.5 Å². The molecule has 8 rings (SSSR count). The highest BCUT2D eigenvalue weighted by Crippen LogP contribution is 2.32. The van der Waals surface area contributed by atoms with Crippen LogP contribution in [0.2, 0.25) is 0 Å². The number of nitrogen functional groups attached to an aromatic ring is 1. The SMILES string of the molecule is N=C(c1ccc(Oc2ccccc2)cc1)c1c(N)ncnc1NC1CCN(CCN2CCC(CN3CCC(c4ccc(N5CCC(=O)NC5=O)cc4)CC3)C2)CC1. The Kier molecular flexibility index (Phi) is 12.0. The summed E-state index contributed by atoms with van der Waals surface area (Å²) in [5.41, 5.74) is 10.1. The third kappa shape index (κ3) is 9.61. The molecule has 13 heteroatoms. The lowest BCUT2D eigenvalue weighted by Gasteiger charge is -2.34. The highest BCUT2D eigenvalue weighted by Gasteiger charge is 2.29. The van der Waals surface area contributed by atoms with E-state index in [-0.39, 0.29) is 23.7 Å². The number of urea groups is 1. The number of hydrogen-bond donors (Lipinski definition) is 4. The van der Waals surface area contributed by atoms with Gasteiger partial charge in [0.2, 0.25) is 5.91 Å². The number of hydrogen-bond acceptors (Lipinski definition) is 11. The van der Waals surface area contributed by atoms with Gasteiger partial charge < -0.3 is 30.5 Å². The second-order valence-electron chi connectivity index (χ2n) is 15.9. The van der Waals surface area contributed by atoms with Gasteiger partial charge in [-0.15, -0.1) is 0 Å². The molecule has 5 heterocycles. The van der Waals surface area contributed by atoms with Crippen molar-refractivity contribution >= 4 is 35.0 Å². The Morgan fingerprint density at radius 3 is 2.21 bits per heavy atom. The number of carbonyl (C=O) groups is 2. The van der Waals surface area contributed by atoms with Crippen molar-refractivity contribution < 1.29 is 14.3 Å². The Labute approximate surface area is 335 Å². The van der Waals surface area contributed by atoms with Crippen LogP contribution in [0.15, 0.2) is 85.2 Å². The number of carbonyl (C=O) groups excluding carboxylic acids is 2. The number of rotatable bonds is 13. The van der Waals surface area contributed by atoms with Gasteiger partial charge in [-0.05, 0) is 118 Å². The predicted octanol–water partition coefficient (Wildman–Crippen LogP) is 5.79. The first kappa shape index (κ1) is 38.5. The zero-order valence-corrected chi connectivity index (χ0v) is 32.6. The summed E-state index contributed by atoms with van der Waals surface area (Å²) in [5.74, 6) is 3.44. The molecule has 0 bridgehead atoms. The summed E-state index contributed by atoms with van der Waals surface area (Å²) < 4.78 is 5.93. The van der Waals surface area contributed by atoms with Gasteiger partial charge in [0.05, 0.1) is 11.3 Å². The van der Waals surface area contributed by atoms with Crippen LogP contribution >= 0.6 is 0 Å². The maximum absolute atomic E-state index is 12.2. The number of nitrogens with one attached hydrogen (secondary N) is 3. The standard InChI is InChI=1S/C44H54N10O3/c45-41(34-8-12-38(13-9-34)57-37-4-2-1-3-5-37)40-42(46)47-30-48-43(40)49-35-17-23-51(24-18-35)26-27-53-20-14-31(29-53)28-52-21-15-33(16-22-52)32-6-10-36(11-7-32)54-25-19-39(55)50-44(54)56/h1-13,30-31,33,35,45H,14-29H2,(H,50,55,56)(H3,46,47,48,49). The highest BCUT2D eigenvalue weighted by atomic mass is 16.5. The summed E-state index contributed by atoms with van der Waals surface area (Å²) in [7, 11) is 0. The van der Waals surface area contributed by atoms with E-state index in [1.807, 2.05) is 66.7 Å². The third-order valence-electron chi connectivity index (χ3n) is 12.1. The minimum Gasteiger partial charge on any atom is -0.457 e. The number of nitrogens with zero attached hydrogens (tertiary/aromatic N) is 6. The van der Waals surface area contributed by atoms with Crippen molar-refractivity contribution in [3.63, 3.8) is 0 Å². The largest absolute Gasteiger partial charge is 0.457 e. The lowest BCUT2D eigenvalue weighted by molar-refractivity contribution is -0.120. The van der Waals surface area contributed by atoms with Crippen LogP contribution in [-0.2, 0) is 4.79 Å². The van der Waals surface area contributed by atoms with Gasteiger partial charge in [0.15, 0.2) is 0 Å². The van der Waals surface area contributed by atoms with Crippen LogP contribution in [0.5, 0.6) is 11.5 Å². The fourth-order valence-electron chi connectivity index (χ4n) is 8.81. The average molecular weight is 771 g/mol. The number of benzene rings is 3. The van der Waals surface area contributed by atoms with E-state index < -0.39 is 0 Å². The monoisotopic (exact) mass is 770 g/mol. The number of imide groups is 1. The minimum atomic E-state index is -0.332. The van der Waals surface area contributed by atoms with E-state index in [4.69, 9.17) is 15.9 Å². The minimum absolute atomic E-state index is 0.206. The quantitative estimate of drug-likeness (QED) is 0.123. The molecule has 4 aliphatic heterocycles. The number of aromatic nitrogens is 2. The Balaban J connectivity index is 0.742. The predicted molar refractivity (Wildman–Crippen MR) is 223 cm³/mol. The number of anilines is 3. The molecule has 4 aliphatic rings. The normalized spacial score (nSPS) is 20.4. The second kappa shape index (κ2) is 17.8. The molecule has 3 amide bonds. The smallest absolute Gasteiger partial charge is 0.328 e. The van der Waals surface area contributed by atoms with Crippen LogP contribution in [0, 0.1) is 11.3 Å². The number of ether oxygens (including phenoxy) is 1. The van der Waals surface area contributed by atoms with Gasteiger partial charge >= 0.3 is 6.03 Å². The Bertz CT molecular complexity index is 2000. The molecule has 5 N–H and O–H groups in total. The highest BCUT2D eigenvalue weighted by molar-refractivity contribution is 6.16. The summed E-state index contributed by atoms with van der Waals surface area (Å²) in [5, 5.41) is 15.0. The molecular formula is C44H54N10O3. The number of piperidine rings is 2. The van der Waals surface area contributed by atoms with Gasteiger partial charge in [-0.3, -0.25) is 20.4 Å². The van der Waals surface area contributed by atoms with Gasteiger partial charge in [0, 0.05) is 69.5 Å². The van der Waals surface area contributed by atoms with Crippen LogP contribution in [0.25, 0.3) is 0 Å². The van der Waals surface area contributed by atoms with E-state index in [1.54, 1.807) is 4.90 Å². The first-order valence-corrected chi connectivity index (χ1v) is 20.5. The van der Waals surface area contributed by atoms with E-state index in [0.29, 0.717) is 41.8 Å². The van der Waals surface area contributed by atoms with E-state index >= 15 is 0 Å². The average Bonchev–Trinajstić information content (AvgIpc) is 3.68. The molecule has 0 saturated carbocycles. The first-order chi connectivity index (χ1) is 27.8. The van der Waals surface area contributed by atoms with Crippen LogP contribution in [0.4, 0.5) is 22.1 Å². The molecule has 57 heavy (non-hydrogen) atoms. The van der Waals surface area contributed by atoms with E-state index in [1.165, 1.54) is 37.9 Å². The van der Waals surface area contributed by atoms with E-state index in [2.05, 4.69) is 47.4 Å². The summed E-state index contributed by atoms with van der Waals surface area (Å²) in [6.07, 6.45) is 7.41.